The third kappa shape index (κ3) is 2.32. The third-order valence-corrected chi connectivity index (χ3v) is 4.82. The van der Waals surface area contributed by atoms with Gasteiger partial charge in [-0.15, -0.1) is 0 Å². The maximum Gasteiger partial charge on any atom is 0.272 e. The molecule has 2 aromatic heterocycles. The summed E-state index contributed by atoms with van der Waals surface area (Å²) in [6.07, 6.45) is 5.27. The number of aromatic nitrogens is 2. The molecule has 1 aromatic carbocycles. The van der Waals surface area contributed by atoms with E-state index in [1.54, 1.807) is 13.0 Å². The summed E-state index contributed by atoms with van der Waals surface area (Å²) in [4.78, 5) is 28.9. The molecule has 0 unspecified atom stereocenters. The fourth-order valence-electron chi connectivity index (χ4n) is 3.35. The fourth-order valence-corrected chi connectivity index (χ4v) is 3.35. The van der Waals surface area contributed by atoms with Gasteiger partial charge < -0.3 is 14.3 Å². The summed E-state index contributed by atoms with van der Waals surface area (Å²) in [7, 11) is 0. The van der Waals surface area contributed by atoms with E-state index in [1.807, 2.05) is 39.8 Å². The van der Waals surface area contributed by atoms with Gasteiger partial charge in [-0.25, -0.2) is 0 Å². The maximum atomic E-state index is 12.1. The average Bonchev–Trinajstić information content (AvgIpc) is 2.94. The molecule has 118 valence electrons. The van der Waals surface area contributed by atoms with E-state index in [9.17, 15) is 9.59 Å². The van der Waals surface area contributed by atoms with E-state index >= 15 is 0 Å². The van der Waals surface area contributed by atoms with Crippen molar-refractivity contribution in [1.82, 2.24) is 14.3 Å². The lowest BCUT2D eigenvalue weighted by Crippen LogP contribution is -2.42. The van der Waals surface area contributed by atoms with Gasteiger partial charge in [-0.05, 0) is 49.1 Å². The number of hydrogen-bond donors (Lipinski definition) is 1. The Balaban J connectivity index is 1.75. The summed E-state index contributed by atoms with van der Waals surface area (Å²) in [6, 6.07) is 10.1. The number of amides is 1. The van der Waals surface area contributed by atoms with Crippen LogP contribution in [-0.2, 0) is 11.3 Å². The summed E-state index contributed by atoms with van der Waals surface area (Å²) in [6.45, 7) is 2.23. The highest BCUT2D eigenvalue weighted by Gasteiger charge is 2.26. The van der Waals surface area contributed by atoms with Gasteiger partial charge in [0.25, 0.3) is 5.56 Å². The van der Waals surface area contributed by atoms with Gasteiger partial charge in [0.15, 0.2) is 0 Å². The number of rotatable bonds is 3. The Kier molecular flexibility index (Phi) is 3.22. The van der Waals surface area contributed by atoms with Crippen LogP contribution < -0.4 is 5.56 Å². The van der Waals surface area contributed by atoms with E-state index in [0.29, 0.717) is 18.1 Å². The van der Waals surface area contributed by atoms with Crippen molar-refractivity contribution >= 4 is 22.5 Å². The van der Waals surface area contributed by atoms with Gasteiger partial charge in [0.1, 0.15) is 5.52 Å². The smallest absolute Gasteiger partial charge is 0.272 e. The predicted molar refractivity (Wildman–Crippen MR) is 89.4 cm³/mol. The highest BCUT2D eigenvalue weighted by atomic mass is 16.2. The standard InChI is InChI=1S/C18H19N3O2/c1-12(22)21(14-4-2-5-14)11-13-7-8-16-15(10-13)19-18(23)17-6-3-9-20(16)17/h3,6-10,14H,2,4-5,11H2,1H3,(H,19,23). The lowest BCUT2D eigenvalue weighted by atomic mass is 9.91. The van der Waals surface area contributed by atoms with Crippen molar-refractivity contribution in [2.24, 2.45) is 0 Å². The zero-order valence-corrected chi connectivity index (χ0v) is 13.1. The molecule has 5 nitrogen and oxygen atoms in total. The number of H-pyrrole nitrogens is 1. The normalized spacial score (nSPS) is 15.0. The first-order chi connectivity index (χ1) is 11.1. The van der Waals surface area contributed by atoms with Gasteiger partial charge in [0.2, 0.25) is 5.91 Å². The highest BCUT2D eigenvalue weighted by Crippen LogP contribution is 2.27. The zero-order valence-electron chi connectivity index (χ0n) is 13.1. The second kappa shape index (κ2) is 5.26. The van der Waals surface area contributed by atoms with Gasteiger partial charge in [-0.3, -0.25) is 9.59 Å². The molecule has 1 saturated carbocycles. The summed E-state index contributed by atoms with van der Waals surface area (Å²) in [5.74, 6) is 0.115. The number of nitrogens with zero attached hydrogens (tertiary/aromatic N) is 2. The Morgan fingerprint density at radius 2 is 2.13 bits per heavy atom. The number of aromatic amines is 1. The molecule has 0 saturated heterocycles. The Morgan fingerprint density at radius 3 is 2.83 bits per heavy atom. The second-order valence-corrected chi connectivity index (χ2v) is 6.30. The molecule has 0 spiro atoms. The Morgan fingerprint density at radius 1 is 1.30 bits per heavy atom. The molecule has 1 fully saturated rings. The fraction of sp³-hybridized carbons (Fsp3) is 0.333. The minimum atomic E-state index is -0.0953. The summed E-state index contributed by atoms with van der Waals surface area (Å²) >= 11 is 0. The highest BCUT2D eigenvalue weighted by molar-refractivity contribution is 5.79. The first-order valence-corrected chi connectivity index (χ1v) is 8.03. The summed E-state index contributed by atoms with van der Waals surface area (Å²) in [5, 5.41) is 0. The maximum absolute atomic E-state index is 12.1. The van der Waals surface area contributed by atoms with Crippen LogP contribution in [0.3, 0.4) is 0 Å². The first-order valence-electron chi connectivity index (χ1n) is 8.03. The zero-order chi connectivity index (χ0) is 16.0. The molecule has 2 heterocycles. The Bertz CT molecular complexity index is 950. The summed E-state index contributed by atoms with van der Waals surface area (Å²) in [5.41, 5.74) is 3.36. The number of hydrogen-bond acceptors (Lipinski definition) is 2. The molecular weight excluding hydrogens is 290 g/mol. The topological polar surface area (TPSA) is 57.6 Å². The molecule has 5 heteroatoms. The second-order valence-electron chi connectivity index (χ2n) is 6.30. The van der Waals surface area contributed by atoms with Crippen molar-refractivity contribution in [3.63, 3.8) is 0 Å². The third-order valence-electron chi connectivity index (χ3n) is 4.82. The average molecular weight is 309 g/mol. The molecule has 23 heavy (non-hydrogen) atoms. The molecule has 1 aliphatic rings. The molecule has 1 aliphatic carbocycles. The first kappa shape index (κ1) is 14.1. The molecule has 0 bridgehead atoms. The van der Waals surface area contributed by atoms with E-state index in [1.165, 1.54) is 6.42 Å². The minimum Gasteiger partial charge on any atom is -0.336 e. The van der Waals surface area contributed by atoms with Crippen LogP contribution in [0, 0.1) is 0 Å². The van der Waals surface area contributed by atoms with Gasteiger partial charge in [0, 0.05) is 25.7 Å². The minimum absolute atomic E-state index is 0.0953. The van der Waals surface area contributed by atoms with Crippen LogP contribution in [0.15, 0.2) is 41.3 Å². The van der Waals surface area contributed by atoms with Crippen LogP contribution in [0.5, 0.6) is 0 Å². The van der Waals surface area contributed by atoms with Crippen molar-refractivity contribution in [2.45, 2.75) is 38.8 Å². The number of nitrogens with one attached hydrogen (secondary N) is 1. The lowest BCUT2D eigenvalue weighted by molar-refractivity contribution is -0.133. The number of carbonyl (C=O) groups excluding carboxylic acids is 1. The van der Waals surface area contributed by atoms with Crippen LogP contribution in [-0.4, -0.2) is 26.2 Å². The largest absolute Gasteiger partial charge is 0.336 e. The van der Waals surface area contributed by atoms with Crippen molar-refractivity contribution in [2.75, 3.05) is 0 Å². The number of benzene rings is 1. The quantitative estimate of drug-likeness (QED) is 0.808. The van der Waals surface area contributed by atoms with E-state index in [2.05, 4.69) is 4.98 Å². The molecule has 1 N–H and O–H groups in total. The molecule has 0 aliphatic heterocycles. The van der Waals surface area contributed by atoms with Crippen LogP contribution in [0.4, 0.5) is 0 Å². The SMILES string of the molecule is CC(=O)N(Cc1ccc2c(c1)[nH]c(=O)c1cccn12)C1CCC1. The van der Waals surface area contributed by atoms with Gasteiger partial charge >= 0.3 is 0 Å². The van der Waals surface area contributed by atoms with Gasteiger partial charge in [0.05, 0.1) is 11.0 Å². The Hall–Kier alpha value is -2.56. The van der Waals surface area contributed by atoms with Gasteiger partial charge in [-0.2, -0.15) is 0 Å². The van der Waals surface area contributed by atoms with E-state index in [-0.39, 0.29) is 11.5 Å². The van der Waals surface area contributed by atoms with Crippen molar-refractivity contribution in [3.8, 4) is 0 Å². The molecule has 0 radical (unpaired) electrons. The molecule has 0 atom stereocenters. The Labute approximate surface area is 133 Å². The van der Waals surface area contributed by atoms with Crippen molar-refractivity contribution < 1.29 is 4.79 Å². The van der Waals surface area contributed by atoms with E-state index in [0.717, 1.165) is 29.4 Å². The van der Waals surface area contributed by atoms with E-state index in [4.69, 9.17) is 0 Å². The van der Waals surface area contributed by atoms with E-state index < -0.39 is 0 Å². The predicted octanol–water partition coefficient (Wildman–Crippen LogP) is 2.68. The summed E-state index contributed by atoms with van der Waals surface area (Å²) < 4.78 is 1.90. The number of carbonyl (C=O) groups is 1. The van der Waals surface area contributed by atoms with Crippen LogP contribution in [0.25, 0.3) is 16.6 Å². The van der Waals surface area contributed by atoms with Crippen LogP contribution in [0.1, 0.15) is 31.7 Å². The van der Waals surface area contributed by atoms with Crippen molar-refractivity contribution in [1.29, 1.82) is 0 Å². The van der Waals surface area contributed by atoms with Crippen molar-refractivity contribution in [3.05, 3.63) is 52.4 Å². The van der Waals surface area contributed by atoms with Crippen LogP contribution in [0.2, 0.25) is 0 Å². The molecule has 1 amide bonds. The molecular formula is C18H19N3O2. The molecule has 3 aromatic rings. The van der Waals surface area contributed by atoms with Gasteiger partial charge in [-0.1, -0.05) is 6.07 Å². The monoisotopic (exact) mass is 309 g/mol. The number of fused-ring (bicyclic) bond motifs is 3. The lowest BCUT2D eigenvalue weighted by Gasteiger charge is -2.37. The molecule has 4 rings (SSSR count). The van der Waals surface area contributed by atoms with Crippen LogP contribution >= 0.6 is 0 Å².